The fraction of sp³-hybridized carbons (Fsp3) is 0.0625. The summed E-state index contributed by atoms with van der Waals surface area (Å²) >= 11 is 12.5. The molecule has 3 heterocycles. The van der Waals surface area contributed by atoms with Crippen molar-refractivity contribution in [3.05, 3.63) is 52.7 Å². The van der Waals surface area contributed by atoms with E-state index in [4.69, 9.17) is 23.2 Å². The van der Waals surface area contributed by atoms with Crippen LogP contribution >= 0.6 is 23.2 Å². The Bertz CT molecular complexity index is 1040. The molecule has 25 heavy (non-hydrogen) atoms. The molecule has 4 aromatic rings. The minimum Gasteiger partial charge on any atom is -0.333 e. The molecule has 0 aliphatic rings. The van der Waals surface area contributed by atoms with Crippen LogP contribution in [-0.4, -0.2) is 29.9 Å². The van der Waals surface area contributed by atoms with Gasteiger partial charge >= 0.3 is 0 Å². The van der Waals surface area contributed by atoms with E-state index in [-0.39, 0.29) is 0 Å². The Kier molecular flexibility index (Phi) is 3.95. The summed E-state index contributed by atoms with van der Waals surface area (Å²) in [6, 6.07) is 5.28. The molecule has 0 saturated carbocycles. The zero-order chi connectivity index (χ0) is 17.4. The SMILES string of the molecule is Cc1cnc(Nc2ncnc3nc(-c4c(Cl)cccc4Cl)[nH]c23)cn1. The lowest BCUT2D eigenvalue weighted by Gasteiger charge is -2.04. The minimum atomic E-state index is 0.489. The van der Waals surface area contributed by atoms with E-state index in [1.807, 2.05) is 6.92 Å². The summed E-state index contributed by atoms with van der Waals surface area (Å²) in [5.41, 5.74) is 2.56. The molecule has 0 aliphatic heterocycles. The first-order valence-electron chi connectivity index (χ1n) is 7.32. The third-order valence-corrected chi connectivity index (χ3v) is 4.15. The lowest BCUT2D eigenvalue weighted by atomic mass is 10.2. The van der Waals surface area contributed by atoms with E-state index < -0.39 is 0 Å². The third-order valence-electron chi connectivity index (χ3n) is 3.52. The topological polar surface area (TPSA) is 92.3 Å². The van der Waals surface area contributed by atoms with Gasteiger partial charge in [-0.05, 0) is 19.1 Å². The average molecular weight is 372 g/mol. The van der Waals surface area contributed by atoms with Crippen LogP contribution in [0, 0.1) is 6.92 Å². The van der Waals surface area contributed by atoms with E-state index >= 15 is 0 Å². The molecule has 0 amide bonds. The van der Waals surface area contributed by atoms with Gasteiger partial charge in [-0.15, -0.1) is 0 Å². The zero-order valence-electron chi connectivity index (χ0n) is 13.0. The van der Waals surface area contributed by atoms with E-state index in [0.29, 0.717) is 44.2 Å². The maximum atomic E-state index is 6.26. The van der Waals surface area contributed by atoms with Crippen molar-refractivity contribution in [2.75, 3.05) is 5.32 Å². The number of imidazole rings is 1. The molecule has 3 aromatic heterocycles. The summed E-state index contributed by atoms with van der Waals surface area (Å²) in [4.78, 5) is 24.5. The maximum Gasteiger partial charge on any atom is 0.183 e. The molecule has 7 nitrogen and oxygen atoms in total. The second kappa shape index (κ2) is 6.27. The maximum absolute atomic E-state index is 6.26. The van der Waals surface area contributed by atoms with E-state index in [1.54, 1.807) is 30.6 Å². The van der Waals surface area contributed by atoms with Crippen LogP contribution in [0.1, 0.15) is 5.69 Å². The van der Waals surface area contributed by atoms with E-state index in [1.165, 1.54) is 6.33 Å². The number of H-pyrrole nitrogens is 1. The molecule has 0 aliphatic carbocycles. The quantitative estimate of drug-likeness (QED) is 0.561. The van der Waals surface area contributed by atoms with E-state index in [0.717, 1.165) is 5.69 Å². The Hall–Kier alpha value is -2.77. The number of rotatable bonds is 3. The Labute approximate surface area is 152 Å². The van der Waals surface area contributed by atoms with Gasteiger partial charge in [0, 0.05) is 0 Å². The normalized spacial score (nSPS) is 11.0. The van der Waals surface area contributed by atoms with Gasteiger partial charge in [-0.25, -0.2) is 19.9 Å². The van der Waals surface area contributed by atoms with E-state index in [2.05, 4.69) is 35.2 Å². The molecule has 2 N–H and O–H groups in total. The largest absolute Gasteiger partial charge is 0.333 e. The molecule has 0 fully saturated rings. The number of nitrogens with one attached hydrogen (secondary N) is 2. The van der Waals surface area contributed by atoms with Gasteiger partial charge in [-0.2, -0.15) is 0 Å². The number of aromatic amines is 1. The van der Waals surface area contributed by atoms with Gasteiger partial charge in [0.15, 0.2) is 11.5 Å². The lowest BCUT2D eigenvalue weighted by molar-refractivity contribution is 1.11. The van der Waals surface area contributed by atoms with Gasteiger partial charge in [0.1, 0.15) is 23.5 Å². The second-order valence-corrected chi connectivity index (χ2v) is 6.09. The van der Waals surface area contributed by atoms with Crippen LogP contribution < -0.4 is 5.32 Å². The van der Waals surface area contributed by atoms with Crippen LogP contribution in [0.2, 0.25) is 10.0 Å². The number of benzene rings is 1. The highest BCUT2D eigenvalue weighted by molar-refractivity contribution is 6.39. The van der Waals surface area contributed by atoms with Crippen molar-refractivity contribution in [3.8, 4) is 11.4 Å². The number of halogens is 2. The summed E-state index contributed by atoms with van der Waals surface area (Å²) in [5, 5.41) is 4.10. The Morgan fingerprint density at radius 1 is 1.00 bits per heavy atom. The van der Waals surface area contributed by atoms with Crippen molar-refractivity contribution >= 4 is 46.0 Å². The molecule has 0 radical (unpaired) electrons. The summed E-state index contributed by atoms with van der Waals surface area (Å²) in [6.45, 7) is 1.87. The highest BCUT2D eigenvalue weighted by Gasteiger charge is 2.16. The van der Waals surface area contributed by atoms with Crippen molar-refractivity contribution in [2.45, 2.75) is 6.92 Å². The Morgan fingerprint density at radius 2 is 1.80 bits per heavy atom. The van der Waals surface area contributed by atoms with Crippen LogP contribution in [0.3, 0.4) is 0 Å². The predicted octanol–water partition coefficient (Wildman–Crippen LogP) is 4.17. The van der Waals surface area contributed by atoms with Crippen molar-refractivity contribution < 1.29 is 0 Å². The number of aryl methyl sites for hydroxylation is 1. The number of hydrogen-bond donors (Lipinski definition) is 2. The molecule has 9 heteroatoms. The van der Waals surface area contributed by atoms with Gasteiger partial charge in [0.25, 0.3) is 0 Å². The van der Waals surface area contributed by atoms with Gasteiger partial charge < -0.3 is 10.3 Å². The molecule has 0 unspecified atom stereocenters. The highest BCUT2D eigenvalue weighted by Crippen LogP contribution is 2.34. The monoisotopic (exact) mass is 371 g/mol. The summed E-state index contributed by atoms with van der Waals surface area (Å²) in [6.07, 6.45) is 4.72. The first kappa shape index (κ1) is 15.7. The number of fused-ring (bicyclic) bond motifs is 1. The van der Waals surface area contributed by atoms with E-state index in [9.17, 15) is 0 Å². The van der Waals surface area contributed by atoms with Gasteiger partial charge in [0.2, 0.25) is 0 Å². The predicted molar refractivity (Wildman–Crippen MR) is 97.2 cm³/mol. The Morgan fingerprint density at radius 3 is 2.52 bits per heavy atom. The molecule has 0 spiro atoms. The van der Waals surface area contributed by atoms with Crippen molar-refractivity contribution in [1.82, 2.24) is 29.9 Å². The summed E-state index contributed by atoms with van der Waals surface area (Å²) < 4.78 is 0. The van der Waals surface area contributed by atoms with Crippen LogP contribution in [0.5, 0.6) is 0 Å². The van der Waals surface area contributed by atoms with Crippen LogP contribution in [0.25, 0.3) is 22.6 Å². The Balaban J connectivity index is 1.80. The third kappa shape index (κ3) is 2.99. The summed E-state index contributed by atoms with van der Waals surface area (Å²) in [7, 11) is 0. The van der Waals surface area contributed by atoms with Crippen molar-refractivity contribution in [2.24, 2.45) is 0 Å². The fourth-order valence-corrected chi connectivity index (χ4v) is 2.92. The first-order valence-corrected chi connectivity index (χ1v) is 8.08. The molecule has 0 saturated heterocycles. The van der Waals surface area contributed by atoms with Gasteiger partial charge in [-0.3, -0.25) is 4.98 Å². The second-order valence-electron chi connectivity index (χ2n) is 5.27. The molecule has 124 valence electrons. The number of nitrogens with zero attached hydrogens (tertiary/aromatic N) is 5. The van der Waals surface area contributed by atoms with Crippen molar-refractivity contribution in [3.63, 3.8) is 0 Å². The van der Waals surface area contributed by atoms with Gasteiger partial charge in [-0.1, -0.05) is 29.3 Å². The van der Waals surface area contributed by atoms with Crippen LogP contribution in [0.15, 0.2) is 36.9 Å². The van der Waals surface area contributed by atoms with Crippen LogP contribution in [0.4, 0.5) is 11.6 Å². The van der Waals surface area contributed by atoms with Crippen LogP contribution in [-0.2, 0) is 0 Å². The summed E-state index contributed by atoms with van der Waals surface area (Å²) in [5.74, 6) is 1.62. The molecule has 4 rings (SSSR count). The molecular weight excluding hydrogens is 361 g/mol. The average Bonchev–Trinajstić information content (AvgIpc) is 3.01. The molecule has 0 atom stereocenters. The first-order chi connectivity index (χ1) is 12.1. The number of aromatic nitrogens is 6. The number of hydrogen-bond acceptors (Lipinski definition) is 6. The fourth-order valence-electron chi connectivity index (χ4n) is 2.34. The lowest BCUT2D eigenvalue weighted by Crippen LogP contribution is -1.98. The smallest absolute Gasteiger partial charge is 0.183 e. The molecular formula is C16H11Cl2N7. The molecule has 1 aromatic carbocycles. The van der Waals surface area contributed by atoms with Gasteiger partial charge in [0.05, 0.1) is 33.7 Å². The minimum absolute atomic E-state index is 0.489. The highest BCUT2D eigenvalue weighted by atomic mass is 35.5. The van der Waals surface area contributed by atoms with Crippen molar-refractivity contribution in [1.29, 1.82) is 0 Å². The molecule has 0 bridgehead atoms. The number of anilines is 2. The standard InChI is InChI=1S/C16H11Cl2N7/c1-8-5-20-11(6-19-8)23-15-13-16(22-7-21-15)25-14(24-13)12-9(17)3-2-4-10(12)18/h2-7H,1H3,(H2,20,21,22,23,24,25). The zero-order valence-corrected chi connectivity index (χ0v) is 14.5.